The Labute approximate surface area is 170 Å². The second kappa shape index (κ2) is 7.77. The molecule has 150 valence electrons. The highest BCUT2D eigenvalue weighted by Crippen LogP contribution is 2.26. The molecule has 1 saturated heterocycles. The van der Waals surface area contributed by atoms with Crippen molar-refractivity contribution in [1.82, 2.24) is 14.3 Å². The van der Waals surface area contributed by atoms with Gasteiger partial charge in [-0.2, -0.15) is 4.31 Å². The van der Waals surface area contributed by atoms with Crippen molar-refractivity contribution >= 4 is 33.2 Å². The number of hydrogen-bond acceptors (Lipinski definition) is 5. The van der Waals surface area contributed by atoms with Crippen molar-refractivity contribution in [2.75, 3.05) is 18.4 Å². The summed E-state index contributed by atoms with van der Waals surface area (Å²) >= 11 is 6.15. The average molecular weight is 423 g/mol. The molecule has 0 atom stereocenters. The first kappa shape index (κ1) is 20.7. The van der Waals surface area contributed by atoms with Crippen molar-refractivity contribution < 1.29 is 13.2 Å². The molecule has 7 nitrogen and oxygen atoms in total. The lowest BCUT2D eigenvalue weighted by molar-refractivity contribution is 0.102. The van der Waals surface area contributed by atoms with Crippen LogP contribution in [0.15, 0.2) is 35.5 Å². The molecule has 1 N–H and O–H groups in total. The fraction of sp³-hybridized carbons (Fsp3) is 0.421. The van der Waals surface area contributed by atoms with Crippen LogP contribution in [0.4, 0.5) is 5.69 Å². The van der Waals surface area contributed by atoms with Crippen molar-refractivity contribution in [2.24, 2.45) is 0 Å². The maximum Gasteiger partial charge on any atom is 0.257 e. The first-order valence-electron chi connectivity index (χ1n) is 9.02. The van der Waals surface area contributed by atoms with E-state index in [1.165, 1.54) is 34.9 Å². The van der Waals surface area contributed by atoms with E-state index >= 15 is 0 Å². The molecule has 1 aromatic carbocycles. The molecule has 3 rings (SSSR count). The van der Waals surface area contributed by atoms with Gasteiger partial charge in [-0.3, -0.25) is 4.79 Å². The second-order valence-electron chi connectivity index (χ2n) is 7.75. The van der Waals surface area contributed by atoms with Crippen LogP contribution in [0.1, 0.15) is 49.8 Å². The molecule has 0 aliphatic carbocycles. The van der Waals surface area contributed by atoms with Crippen LogP contribution in [0.3, 0.4) is 0 Å². The maximum absolute atomic E-state index is 12.7. The molecule has 0 bridgehead atoms. The Balaban J connectivity index is 1.84. The lowest BCUT2D eigenvalue weighted by Crippen LogP contribution is -2.28. The standard InChI is InChI=1S/C19H23ClN4O3S/c1-19(2,3)18-21-11-13(12-22-18)23-17(25)15-10-14(6-7-16(15)20)28(26,27)24-8-4-5-9-24/h6-7,10-12H,4-5,8-9H2,1-3H3,(H,23,25). The molecule has 2 heterocycles. The number of sulfonamides is 1. The molecule has 0 unspecified atom stereocenters. The van der Waals surface area contributed by atoms with Crippen LogP contribution in [0, 0.1) is 0 Å². The summed E-state index contributed by atoms with van der Waals surface area (Å²) in [5.41, 5.74) is 0.285. The number of carbonyl (C=O) groups is 1. The minimum Gasteiger partial charge on any atom is -0.319 e. The summed E-state index contributed by atoms with van der Waals surface area (Å²) in [6.07, 6.45) is 4.71. The highest BCUT2D eigenvalue weighted by Gasteiger charge is 2.28. The van der Waals surface area contributed by atoms with Crippen LogP contribution >= 0.6 is 11.6 Å². The molecule has 1 fully saturated rings. The predicted molar refractivity (Wildman–Crippen MR) is 108 cm³/mol. The molecule has 1 aromatic heterocycles. The molecule has 28 heavy (non-hydrogen) atoms. The Hall–Kier alpha value is -2.03. The summed E-state index contributed by atoms with van der Waals surface area (Å²) in [6.45, 7) is 6.96. The van der Waals surface area contributed by atoms with Gasteiger partial charge in [0, 0.05) is 18.5 Å². The third-order valence-corrected chi connectivity index (χ3v) is 6.69. The quantitative estimate of drug-likeness (QED) is 0.814. The first-order chi connectivity index (χ1) is 13.1. The van der Waals surface area contributed by atoms with E-state index in [0.717, 1.165) is 12.8 Å². The molecule has 9 heteroatoms. The Morgan fingerprint density at radius 1 is 1.14 bits per heavy atom. The molecule has 2 aromatic rings. The van der Waals surface area contributed by atoms with Crippen molar-refractivity contribution in [3.63, 3.8) is 0 Å². The maximum atomic E-state index is 12.7. The first-order valence-corrected chi connectivity index (χ1v) is 10.8. The number of rotatable bonds is 4. The molecule has 1 aliphatic heterocycles. The molecule has 1 amide bonds. The number of benzene rings is 1. The average Bonchev–Trinajstić information content (AvgIpc) is 3.17. The smallest absolute Gasteiger partial charge is 0.257 e. The Kier molecular flexibility index (Phi) is 5.74. The third kappa shape index (κ3) is 4.34. The van der Waals surface area contributed by atoms with E-state index in [1.54, 1.807) is 0 Å². The molecule has 0 radical (unpaired) electrons. The number of hydrogen-bond donors (Lipinski definition) is 1. The van der Waals surface area contributed by atoms with Crippen molar-refractivity contribution in [3.8, 4) is 0 Å². The number of nitrogens with zero attached hydrogens (tertiary/aromatic N) is 3. The zero-order chi connectivity index (χ0) is 20.5. The van der Waals surface area contributed by atoms with E-state index in [1.807, 2.05) is 20.8 Å². The topological polar surface area (TPSA) is 92.3 Å². The number of aromatic nitrogens is 2. The van der Waals surface area contributed by atoms with Gasteiger partial charge in [0.05, 0.1) is 33.6 Å². The van der Waals surface area contributed by atoms with Crippen molar-refractivity contribution in [3.05, 3.63) is 47.0 Å². The lowest BCUT2D eigenvalue weighted by atomic mass is 9.96. The molecule has 0 spiro atoms. The molecule has 0 saturated carbocycles. The summed E-state index contributed by atoms with van der Waals surface area (Å²) in [4.78, 5) is 21.2. The Bertz CT molecular complexity index is 979. The van der Waals surface area contributed by atoms with Gasteiger partial charge in [0.15, 0.2) is 0 Å². The second-order valence-corrected chi connectivity index (χ2v) is 10.1. The van der Waals surface area contributed by atoms with E-state index in [-0.39, 0.29) is 20.9 Å². The van der Waals surface area contributed by atoms with E-state index in [4.69, 9.17) is 11.6 Å². The van der Waals surface area contributed by atoms with Crippen molar-refractivity contribution in [2.45, 2.75) is 43.9 Å². The summed E-state index contributed by atoms with van der Waals surface area (Å²) in [6, 6.07) is 4.17. The van der Waals surface area contributed by atoms with Crippen LogP contribution in [0.5, 0.6) is 0 Å². The number of amides is 1. The van der Waals surface area contributed by atoms with E-state index < -0.39 is 15.9 Å². The fourth-order valence-corrected chi connectivity index (χ4v) is 4.64. The summed E-state index contributed by atoms with van der Waals surface area (Å²) < 4.78 is 26.9. The number of halogens is 1. The van der Waals surface area contributed by atoms with Gasteiger partial charge < -0.3 is 5.32 Å². The van der Waals surface area contributed by atoms with Gasteiger partial charge in [0.2, 0.25) is 10.0 Å². The van der Waals surface area contributed by atoms with E-state index in [2.05, 4.69) is 15.3 Å². The van der Waals surface area contributed by atoms with Crippen LogP contribution in [0.25, 0.3) is 0 Å². The predicted octanol–water partition coefficient (Wildman–Crippen LogP) is 3.46. The van der Waals surface area contributed by atoms with Gasteiger partial charge in [0.1, 0.15) is 5.82 Å². The zero-order valence-electron chi connectivity index (χ0n) is 16.1. The van der Waals surface area contributed by atoms with Crippen LogP contribution in [0.2, 0.25) is 5.02 Å². The molecular weight excluding hydrogens is 400 g/mol. The summed E-state index contributed by atoms with van der Waals surface area (Å²) in [5.74, 6) is 0.137. The van der Waals surface area contributed by atoms with Gasteiger partial charge >= 0.3 is 0 Å². The Morgan fingerprint density at radius 3 is 2.32 bits per heavy atom. The number of anilines is 1. The largest absolute Gasteiger partial charge is 0.319 e. The van der Waals surface area contributed by atoms with Crippen LogP contribution < -0.4 is 5.32 Å². The van der Waals surface area contributed by atoms with Gasteiger partial charge in [-0.1, -0.05) is 32.4 Å². The molecule has 1 aliphatic rings. The van der Waals surface area contributed by atoms with Gasteiger partial charge in [0.25, 0.3) is 5.91 Å². The van der Waals surface area contributed by atoms with E-state index in [0.29, 0.717) is 24.6 Å². The fourth-order valence-electron chi connectivity index (χ4n) is 2.89. The van der Waals surface area contributed by atoms with Crippen LogP contribution in [-0.2, 0) is 15.4 Å². The van der Waals surface area contributed by atoms with E-state index in [9.17, 15) is 13.2 Å². The van der Waals surface area contributed by atoms with Gasteiger partial charge in [-0.15, -0.1) is 0 Å². The van der Waals surface area contributed by atoms with Crippen LogP contribution in [-0.4, -0.2) is 41.7 Å². The third-order valence-electron chi connectivity index (χ3n) is 4.47. The highest BCUT2D eigenvalue weighted by atomic mass is 35.5. The number of carbonyl (C=O) groups excluding carboxylic acids is 1. The van der Waals surface area contributed by atoms with Gasteiger partial charge in [-0.05, 0) is 31.0 Å². The zero-order valence-corrected chi connectivity index (χ0v) is 17.6. The SMILES string of the molecule is CC(C)(C)c1ncc(NC(=O)c2cc(S(=O)(=O)N3CCCC3)ccc2Cl)cn1. The minimum atomic E-state index is -3.64. The Morgan fingerprint density at radius 2 is 1.75 bits per heavy atom. The van der Waals surface area contributed by atoms with Gasteiger partial charge in [-0.25, -0.2) is 18.4 Å². The monoisotopic (exact) mass is 422 g/mol. The summed E-state index contributed by atoms with van der Waals surface area (Å²) in [5, 5.41) is 2.84. The molecular formula is C19H23ClN4O3S. The highest BCUT2D eigenvalue weighted by molar-refractivity contribution is 7.89. The lowest BCUT2D eigenvalue weighted by Gasteiger charge is -2.17. The summed E-state index contributed by atoms with van der Waals surface area (Å²) in [7, 11) is -3.64. The van der Waals surface area contributed by atoms with Crippen molar-refractivity contribution in [1.29, 1.82) is 0 Å². The normalized spacial score (nSPS) is 15.6. The minimum absolute atomic E-state index is 0.0586. The number of nitrogens with one attached hydrogen (secondary N) is 1.